The first-order chi connectivity index (χ1) is 26.3. The third-order valence-electron chi connectivity index (χ3n) is 9.19. The van der Waals surface area contributed by atoms with Crippen molar-refractivity contribution in [2.75, 3.05) is 6.61 Å². The van der Waals surface area contributed by atoms with Gasteiger partial charge in [0.1, 0.15) is 6.10 Å². The maximum absolute atomic E-state index is 11.7. The first-order valence-electron chi connectivity index (χ1n) is 19.4. The summed E-state index contributed by atoms with van der Waals surface area (Å²) >= 11 is 0. The van der Waals surface area contributed by atoms with Crippen LogP contribution in [0.3, 0.4) is 0 Å². The smallest absolute Gasteiger partial charge is 0.377 e. The fraction of sp³-hybridized carbons (Fsp3) is 0.545. The van der Waals surface area contributed by atoms with Crippen LogP contribution in [0.2, 0.25) is 0 Å². The van der Waals surface area contributed by atoms with Gasteiger partial charge >= 0.3 is 11.7 Å². The van der Waals surface area contributed by atoms with Gasteiger partial charge in [-0.05, 0) is 120 Å². The van der Waals surface area contributed by atoms with Gasteiger partial charge in [0, 0.05) is 21.1 Å². The lowest BCUT2D eigenvalue weighted by Crippen LogP contribution is -2.37. The Hall–Kier alpha value is -4.68. The number of rotatable bonds is 17. The standard InChI is InChI=1S/C30H50.C8H10N4O2.C6H8O6/c1-25(2)15-11-19-29(7)23-13-21-27(5)17-9-10-18-28(6)22-14-24-30(8)20-12-16-26(3)4;1-10-4-9-6-5(10)7(13)12(3)8(14)11(6)2;7-1-2(8)5-3(9)4(10)6(11)12-5/h15-18,23-24H,9-14,19-22H2,1-8H3;4H,1-3H3;2,5,7-10H,1H2/b27-17+,28-18+,29-23+,30-24+;;/t;;2-,5+/m..0/s1. The molecular weight excluding hydrogens is 713 g/mol. The van der Waals surface area contributed by atoms with E-state index in [1.165, 1.54) is 116 Å². The third-order valence-corrected chi connectivity index (χ3v) is 9.19. The number of unbranched alkanes of at least 4 members (excludes halogenated alkanes) is 1. The molecule has 2 aromatic rings. The molecule has 0 saturated heterocycles. The number of fused-ring (bicyclic) bond motifs is 1. The van der Waals surface area contributed by atoms with Gasteiger partial charge in [-0.3, -0.25) is 13.9 Å². The van der Waals surface area contributed by atoms with Gasteiger partial charge in [0.25, 0.3) is 5.56 Å². The lowest BCUT2D eigenvalue weighted by Gasteiger charge is -2.13. The fourth-order valence-electron chi connectivity index (χ4n) is 5.63. The summed E-state index contributed by atoms with van der Waals surface area (Å²) in [5.41, 5.74) is 9.15. The SMILES string of the molecule is CC(C)=CCC/C(C)=C/CC/C(C)=C/CC/C=C(\C)CC/C=C(\C)CCC=C(C)C.Cn1c(=O)c2c(ncn2C)n(C)c1=O.O=C1O[C@H]([C@@H](O)CO)C(O)=C1O. The highest BCUT2D eigenvalue weighted by Gasteiger charge is 2.38. The molecule has 0 spiro atoms. The number of hydrogen-bond acceptors (Lipinski definition) is 9. The predicted molar refractivity (Wildman–Crippen MR) is 227 cm³/mol. The van der Waals surface area contributed by atoms with E-state index in [0.29, 0.717) is 11.2 Å². The van der Waals surface area contributed by atoms with Crippen molar-refractivity contribution in [1.29, 1.82) is 0 Å². The number of aliphatic hydroxyl groups excluding tert-OH is 4. The van der Waals surface area contributed by atoms with Gasteiger partial charge in [-0.1, -0.05) is 69.9 Å². The number of carbonyl (C=O) groups excluding carboxylic acids is 1. The Morgan fingerprint density at radius 2 is 1.11 bits per heavy atom. The fourth-order valence-corrected chi connectivity index (χ4v) is 5.63. The largest absolute Gasteiger partial charge is 0.505 e. The number of aliphatic hydroxyl groups is 4. The van der Waals surface area contributed by atoms with Crippen LogP contribution in [0, 0.1) is 0 Å². The van der Waals surface area contributed by atoms with Crippen LogP contribution in [0.5, 0.6) is 0 Å². The number of nitrogens with zero attached hydrogens (tertiary/aromatic N) is 4. The first-order valence-corrected chi connectivity index (χ1v) is 19.4. The summed E-state index contributed by atoms with van der Waals surface area (Å²) < 4.78 is 8.36. The van der Waals surface area contributed by atoms with E-state index in [0.717, 1.165) is 4.57 Å². The van der Waals surface area contributed by atoms with E-state index < -0.39 is 36.3 Å². The summed E-state index contributed by atoms with van der Waals surface area (Å²) in [4.78, 5) is 37.7. The topological polar surface area (TPSA) is 169 Å². The van der Waals surface area contributed by atoms with E-state index in [1.807, 2.05) is 0 Å². The Labute approximate surface area is 333 Å². The molecule has 2 aromatic heterocycles. The minimum atomic E-state index is -1.42. The van der Waals surface area contributed by atoms with Crippen LogP contribution in [-0.4, -0.2) is 63.9 Å². The van der Waals surface area contributed by atoms with E-state index in [9.17, 15) is 14.4 Å². The molecule has 4 N–H and O–H groups in total. The van der Waals surface area contributed by atoms with Crippen LogP contribution in [0.4, 0.5) is 0 Å². The van der Waals surface area contributed by atoms with Gasteiger partial charge in [-0.25, -0.2) is 14.6 Å². The molecular formula is C44H68N4O8. The minimum absolute atomic E-state index is 0.317. The Morgan fingerprint density at radius 1 is 0.696 bits per heavy atom. The van der Waals surface area contributed by atoms with E-state index in [4.69, 9.17) is 20.4 Å². The second-order valence-electron chi connectivity index (χ2n) is 15.0. The molecule has 0 bridgehead atoms. The van der Waals surface area contributed by atoms with Gasteiger partial charge in [0.05, 0.1) is 12.9 Å². The molecule has 0 fully saturated rings. The van der Waals surface area contributed by atoms with Crippen LogP contribution in [0.15, 0.2) is 97.3 Å². The van der Waals surface area contributed by atoms with Crippen molar-refractivity contribution in [2.24, 2.45) is 21.1 Å². The van der Waals surface area contributed by atoms with Crippen molar-refractivity contribution in [3.8, 4) is 0 Å². The monoisotopic (exact) mass is 781 g/mol. The maximum Gasteiger partial charge on any atom is 0.377 e. The normalized spacial score (nSPS) is 15.5. The summed E-state index contributed by atoms with van der Waals surface area (Å²) in [7, 11) is 4.77. The summed E-state index contributed by atoms with van der Waals surface area (Å²) in [6.45, 7) is 17.1. The number of ether oxygens (including phenoxy) is 1. The Bertz CT molecular complexity index is 1860. The number of esters is 1. The highest BCUT2D eigenvalue weighted by molar-refractivity contribution is 5.89. The van der Waals surface area contributed by atoms with Crippen molar-refractivity contribution in [1.82, 2.24) is 18.7 Å². The second kappa shape index (κ2) is 25.5. The molecule has 0 aromatic carbocycles. The molecule has 312 valence electrons. The number of aryl methyl sites for hydroxylation is 2. The average molecular weight is 781 g/mol. The quantitative estimate of drug-likeness (QED) is 0.0703. The Morgan fingerprint density at radius 3 is 1.48 bits per heavy atom. The van der Waals surface area contributed by atoms with E-state index in [2.05, 4.69) is 102 Å². The van der Waals surface area contributed by atoms with Crippen LogP contribution >= 0.6 is 0 Å². The molecule has 2 atom stereocenters. The zero-order valence-corrected chi connectivity index (χ0v) is 35.7. The lowest BCUT2D eigenvalue weighted by atomic mass is 10.0. The van der Waals surface area contributed by atoms with Gasteiger partial charge in [-0.2, -0.15) is 0 Å². The molecule has 12 nitrogen and oxygen atoms in total. The average Bonchev–Trinajstić information content (AvgIpc) is 3.65. The number of carbonyl (C=O) groups is 1. The molecule has 56 heavy (non-hydrogen) atoms. The number of allylic oxidation sites excluding steroid dienone is 12. The molecule has 3 rings (SSSR count). The lowest BCUT2D eigenvalue weighted by molar-refractivity contribution is -0.147. The second-order valence-corrected chi connectivity index (χ2v) is 15.0. The molecule has 0 saturated carbocycles. The minimum Gasteiger partial charge on any atom is -0.505 e. The van der Waals surface area contributed by atoms with Gasteiger partial charge in [-0.15, -0.1) is 0 Å². The molecule has 3 heterocycles. The Balaban J connectivity index is 0.000000489. The maximum atomic E-state index is 11.7. The van der Waals surface area contributed by atoms with Crippen molar-refractivity contribution in [3.05, 3.63) is 109 Å². The van der Waals surface area contributed by atoms with E-state index in [1.54, 1.807) is 18.7 Å². The number of aromatic nitrogens is 4. The van der Waals surface area contributed by atoms with Gasteiger partial charge < -0.3 is 29.7 Å². The molecule has 0 radical (unpaired) electrons. The highest BCUT2D eigenvalue weighted by Crippen LogP contribution is 2.21. The van der Waals surface area contributed by atoms with E-state index >= 15 is 0 Å². The van der Waals surface area contributed by atoms with Gasteiger partial charge in [0.2, 0.25) is 5.76 Å². The van der Waals surface area contributed by atoms with Crippen LogP contribution in [-0.2, 0) is 30.7 Å². The molecule has 1 aliphatic heterocycles. The highest BCUT2D eigenvalue weighted by atomic mass is 16.6. The van der Waals surface area contributed by atoms with Crippen LogP contribution in [0.25, 0.3) is 11.2 Å². The molecule has 0 unspecified atom stereocenters. The molecule has 1 aliphatic rings. The van der Waals surface area contributed by atoms with Crippen LogP contribution < -0.4 is 11.2 Å². The summed E-state index contributed by atoms with van der Waals surface area (Å²) in [6, 6.07) is 0. The zero-order valence-electron chi connectivity index (χ0n) is 35.7. The van der Waals surface area contributed by atoms with E-state index in [-0.39, 0.29) is 11.2 Å². The van der Waals surface area contributed by atoms with Crippen molar-refractivity contribution in [3.63, 3.8) is 0 Å². The summed E-state index contributed by atoms with van der Waals surface area (Å²) in [5.74, 6) is -2.78. The predicted octanol–water partition coefficient (Wildman–Crippen LogP) is 8.17. The van der Waals surface area contributed by atoms with Crippen molar-refractivity contribution >= 4 is 17.1 Å². The van der Waals surface area contributed by atoms with Crippen molar-refractivity contribution < 1.29 is 30.0 Å². The number of imidazole rings is 1. The number of hydrogen-bond donors (Lipinski definition) is 4. The number of cyclic esters (lactones) is 1. The van der Waals surface area contributed by atoms with Crippen molar-refractivity contribution in [2.45, 2.75) is 132 Å². The first kappa shape index (κ1) is 49.3. The van der Waals surface area contributed by atoms with Crippen LogP contribution in [0.1, 0.15) is 120 Å². The zero-order chi connectivity index (χ0) is 42.5. The molecule has 12 heteroatoms. The molecule has 0 aliphatic carbocycles. The third kappa shape index (κ3) is 17.4. The summed E-state index contributed by atoms with van der Waals surface area (Å²) in [5, 5.41) is 35.0. The Kier molecular flexibility index (Phi) is 22.4. The molecule has 0 amide bonds. The summed E-state index contributed by atoms with van der Waals surface area (Å²) in [6.07, 6.45) is 25.0. The van der Waals surface area contributed by atoms with Gasteiger partial charge in [0.15, 0.2) is 23.0 Å².